The van der Waals surface area contributed by atoms with Crippen molar-refractivity contribution in [2.45, 2.75) is 65.2 Å². The van der Waals surface area contributed by atoms with Crippen LogP contribution in [0.3, 0.4) is 0 Å². The molecule has 0 aliphatic heterocycles. The summed E-state index contributed by atoms with van der Waals surface area (Å²) in [5, 5.41) is 9.58. The molecule has 3 saturated carbocycles. The minimum Gasteiger partial charge on any atom is -0.295 e. The van der Waals surface area contributed by atoms with Crippen LogP contribution in [0.25, 0.3) is 0 Å². The van der Waals surface area contributed by atoms with Gasteiger partial charge < -0.3 is 0 Å². The van der Waals surface area contributed by atoms with Gasteiger partial charge in [-0.15, -0.1) is 0 Å². The van der Waals surface area contributed by atoms with E-state index in [-0.39, 0.29) is 11.3 Å². The number of fused-ring (bicyclic) bond motifs is 5. The van der Waals surface area contributed by atoms with Gasteiger partial charge in [-0.05, 0) is 86.0 Å². The summed E-state index contributed by atoms with van der Waals surface area (Å²) in [5.74, 6) is 4.26. The van der Waals surface area contributed by atoms with Gasteiger partial charge in [0.25, 0.3) is 0 Å². The highest BCUT2D eigenvalue weighted by molar-refractivity contribution is 5.91. The third-order valence-corrected chi connectivity index (χ3v) is 8.14. The van der Waals surface area contributed by atoms with Crippen molar-refractivity contribution in [1.29, 1.82) is 5.26 Å². The lowest BCUT2D eigenvalue weighted by Crippen LogP contribution is -2.48. The molecule has 0 aromatic rings. The molecule has 0 bridgehead atoms. The molecule has 4 aliphatic rings. The summed E-state index contributed by atoms with van der Waals surface area (Å²) in [5.41, 5.74) is 1.77. The molecule has 124 valence electrons. The molecule has 4 rings (SSSR count). The van der Waals surface area contributed by atoms with Crippen molar-refractivity contribution < 1.29 is 4.79 Å². The van der Waals surface area contributed by atoms with Crippen molar-refractivity contribution in [2.24, 2.45) is 40.9 Å². The van der Waals surface area contributed by atoms with Gasteiger partial charge in [-0.1, -0.05) is 19.4 Å². The van der Waals surface area contributed by atoms with Crippen LogP contribution < -0.4 is 0 Å². The second-order valence-corrected chi connectivity index (χ2v) is 8.83. The van der Waals surface area contributed by atoms with Gasteiger partial charge >= 0.3 is 0 Å². The van der Waals surface area contributed by atoms with E-state index in [1.807, 2.05) is 6.08 Å². The topological polar surface area (TPSA) is 40.9 Å². The minimum absolute atomic E-state index is 0.264. The van der Waals surface area contributed by atoms with E-state index in [1.165, 1.54) is 37.7 Å². The zero-order valence-corrected chi connectivity index (χ0v) is 14.6. The molecule has 0 aromatic carbocycles. The lowest BCUT2D eigenvalue weighted by molar-refractivity contribution is -0.116. The summed E-state index contributed by atoms with van der Waals surface area (Å²) in [4.78, 5) is 11.9. The zero-order valence-electron chi connectivity index (χ0n) is 14.6. The number of carbonyl (C=O) groups excluding carboxylic acids is 1. The van der Waals surface area contributed by atoms with Crippen LogP contribution in [0.15, 0.2) is 11.6 Å². The summed E-state index contributed by atoms with van der Waals surface area (Å²) < 4.78 is 0. The Labute approximate surface area is 140 Å². The molecule has 23 heavy (non-hydrogen) atoms. The van der Waals surface area contributed by atoms with Crippen LogP contribution in [0.2, 0.25) is 0 Å². The van der Waals surface area contributed by atoms with Gasteiger partial charge in [0.2, 0.25) is 0 Å². The number of hydrogen-bond acceptors (Lipinski definition) is 2. The smallest absolute Gasteiger partial charge is 0.155 e. The van der Waals surface area contributed by atoms with E-state index >= 15 is 0 Å². The van der Waals surface area contributed by atoms with Crippen LogP contribution in [0.4, 0.5) is 0 Å². The number of nitrogens with zero attached hydrogens (tertiary/aromatic N) is 1. The number of carbonyl (C=O) groups is 1. The zero-order chi connectivity index (χ0) is 16.2. The maximum atomic E-state index is 11.9. The highest BCUT2D eigenvalue weighted by Crippen LogP contribution is 2.64. The van der Waals surface area contributed by atoms with Crippen LogP contribution in [0, 0.1) is 52.3 Å². The molecule has 2 heteroatoms. The Balaban J connectivity index is 1.68. The van der Waals surface area contributed by atoms with Crippen LogP contribution in [0.1, 0.15) is 65.2 Å². The predicted octanol–water partition coefficient (Wildman–Crippen LogP) is 4.90. The molecule has 0 spiro atoms. The molecule has 0 amide bonds. The first kappa shape index (κ1) is 15.4. The highest BCUT2D eigenvalue weighted by atomic mass is 16.1. The summed E-state index contributed by atoms with van der Waals surface area (Å²) in [6.07, 6.45) is 11.2. The van der Waals surface area contributed by atoms with Gasteiger partial charge in [0.05, 0.1) is 12.0 Å². The first-order valence-corrected chi connectivity index (χ1v) is 9.72. The summed E-state index contributed by atoms with van der Waals surface area (Å²) in [7, 11) is 0. The van der Waals surface area contributed by atoms with E-state index in [0.717, 1.165) is 37.0 Å². The monoisotopic (exact) mass is 311 g/mol. The van der Waals surface area contributed by atoms with Crippen molar-refractivity contribution >= 4 is 5.78 Å². The fraction of sp³-hybridized carbons (Fsp3) is 0.810. The average molecular weight is 311 g/mol. The number of ketones is 1. The minimum atomic E-state index is 0.264. The Kier molecular flexibility index (Phi) is 3.67. The Morgan fingerprint density at radius 2 is 2.09 bits per heavy atom. The lowest BCUT2D eigenvalue weighted by Gasteiger charge is -2.55. The van der Waals surface area contributed by atoms with E-state index in [0.29, 0.717) is 17.6 Å². The van der Waals surface area contributed by atoms with Crippen molar-refractivity contribution in [1.82, 2.24) is 0 Å². The summed E-state index contributed by atoms with van der Waals surface area (Å²) >= 11 is 0. The molecule has 4 aliphatic carbocycles. The van der Waals surface area contributed by atoms with Crippen molar-refractivity contribution in [3.8, 4) is 6.07 Å². The van der Waals surface area contributed by atoms with Gasteiger partial charge in [-0.2, -0.15) is 5.26 Å². The molecule has 0 aromatic heterocycles. The summed E-state index contributed by atoms with van der Waals surface area (Å²) in [6, 6.07) is 2.63. The lowest BCUT2D eigenvalue weighted by atomic mass is 9.49. The predicted molar refractivity (Wildman–Crippen MR) is 90.4 cm³/mol. The standard InChI is InChI=1S/C21H29NO/c1-3-13-10-19-17(16-6-5-15(23)11-18(13)16)8-9-21(2)14(12-22)4-7-20(19)21/h11,13-14,16-17,19-20H,3-10H2,1-2H3/t13-,14-,16?,17?,19?,20?,21-/m1/s1. The van der Waals surface area contributed by atoms with E-state index in [2.05, 4.69) is 19.9 Å². The third kappa shape index (κ3) is 2.15. The Morgan fingerprint density at radius 1 is 1.26 bits per heavy atom. The highest BCUT2D eigenvalue weighted by Gasteiger charge is 2.57. The van der Waals surface area contributed by atoms with Gasteiger partial charge in [0.15, 0.2) is 5.78 Å². The molecule has 2 nitrogen and oxygen atoms in total. The van der Waals surface area contributed by atoms with Crippen LogP contribution >= 0.6 is 0 Å². The molecule has 7 atom stereocenters. The van der Waals surface area contributed by atoms with Crippen molar-refractivity contribution in [2.75, 3.05) is 0 Å². The fourth-order valence-electron chi connectivity index (χ4n) is 6.95. The molecular formula is C21H29NO. The van der Waals surface area contributed by atoms with Crippen LogP contribution in [-0.2, 0) is 4.79 Å². The van der Waals surface area contributed by atoms with Gasteiger partial charge in [0, 0.05) is 6.42 Å². The average Bonchev–Trinajstić information content (AvgIpc) is 2.90. The molecule has 4 unspecified atom stereocenters. The third-order valence-electron chi connectivity index (χ3n) is 8.14. The largest absolute Gasteiger partial charge is 0.295 e. The molecule has 0 heterocycles. The second-order valence-electron chi connectivity index (χ2n) is 8.83. The normalized spacial score (nSPS) is 48.7. The first-order valence-electron chi connectivity index (χ1n) is 9.72. The van der Waals surface area contributed by atoms with Crippen LogP contribution in [-0.4, -0.2) is 5.78 Å². The fourth-order valence-corrected chi connectivity index (χ4v) is 6.95. The second kappa shape index (κ2) is 5.47. The summed E-state index contributed by atoms with van der Waals surface area (Å²) in [6.45, 7) is 4.70. The number of allylic oxidation sites excluding steroid dienone is 1. The molecule has 3 fully saturated rings. The Bertz CT molecular complexity index is 585. The SMILES string of the molecule is CC[C@@H]1CC2C(CC[C@@]3(C)C2CC[C@@H]3C#N)C2CCC(=O)C=C21. The maximum Gasteiger partial charge on any atom is 0.155 e. The van der Waals surface area contributed by atoms with Gasteiger partial charge in [-0.25, -0.2) is 0 Å². The quantitative estimate of drug-likeness (QED) is 0.690. The number of hydrogen-bond donors (Lipinski definition) is 0. The number of rotatable bonds is 1. The van der Waals surface area contributed by atoms with E-state index < -0.39 is 0 Å². The van der Waals surface area contributed by atoms with Gasteiger partial charge in [0.1, 0.15) is 0 Å². The molecule has 0 saturated heterocycles. The molecule has 0 radical (unpaired) electrons. The Hall–Kier alpha value is -1.10. The van der Waals surface area contributed by atoms with Gasteiger partial charge in [-0.3, -0.25) is 4.79 Å². The van der Waals surface area contributed by atoms with E-state index in [4.69, 9.17) is 0 Å². The van der Waals surface area contributed by atoms with E-state index in [9.17, 15) is 10.1 Å². The Morgan fingerprint density at radius 3 is 2.83 bits per heavy atom. The van der Waals surface area contributed by atoms with E-state index in [1.54, 1.807) is 0 Å². The molecular weight excluding hydrogens is 282 g/mol. The maximum absolute atomic E-state index is 11.9. The number of nitriles is 1. The van der Waals surface area contributed by atoms with Crippen molar-refractivity contribution in [3.05, 3.63) is 11.6 Å². The first-order chi connectivity index (χ1) is 11.1. The molecule has 0 N–H and O–H groups in total. The van der Waals surface area contributed by atoms with Crippen molar-refractivity contribution in [3.63, 3.8) is 0 Å². The van der Waals surface area contributed by atoms with Crippen LogP contribution in [0.5, 0.6) is 0 Å².